The molecule has 0 aliphatic rings. The van der Waals surface area contributed by atoms with E-state index in [1.807, 2.05) is 18.5 Å². The number of carbonyl (C=O) groups is 3. The van der Waals surface area contributed by atoms with E-state index in [1.165, 1.54) is 0 Å². The Morgan fingerprint density at radius 2 is 2.00 bits per heavy atom. The van der Waals surface area contributed by atoms with Gasteiger partial charge in [-0.1, -0.05) is 0 Å². The molecule has 0 saturated heterocycles. The quantitative estimate of drug-likeness (QED) is 0.581. The number of rotatable bonds is 7. The summed E-state index contributed by atoms with van der Waals surface area (Å²) in [7, 11) is 0. The summed E-state index contributed by atoms with van der Waals surface area (Å²) in [4.78, 5) is 32.4. The van der Waals surface area contributed by atoms with Crippen molar-refractivity contribution < 1.29 is 24.2 Å². The molecule has 0 radical (unpaired) electrons. The molecule has 0 fully saturated rings. The number of imide groups is 1. The maximum absolute atomic E-state index is 11.2. The van der Waals surface area contributed by atoms with Crippen LogP contribution < -0.4 is 10.6 Å². The lowest BCUT2D eigenvalue weighted by Gasteiger charge is -2.12. The van der Waals surface area contributed by atoms with Gasteiger partial charge in [-0.2, -0.15) is 11.8 Å². The minimum atomic E-state index is -1.17. The van der Waals surface area contributed by atoms with Crippen LogP contribution in [0.5, 0.6) is 0 Å². The largest absolute Gasteiger partial charge is 0.480 e. The smallest absolute Gasteiger partial charge is 0.329 e. The van der Waals surface area contributed by atoms with Gasteiger partial charge in [0.15, 0.2) is 0 Å². The molecule has 0 aliphatic carbocycles. The summed E-state index contributed by atoms with van der Waals surface area (Å²) < 4.78 is 4.51. The molecule has 0 bridgehead atoms. The zero-order valence-electron chi connectivity index (χ0n) is 9.69. The van der Waals surface area contributed by atoms with Crippen molar-refractivity contribution in [1.29, 1.82) is 0 Å². The molecule has 0 saturated carbocycles. The topological polar surface area (TPSA) is 105 Å². The van der Waals surface area contributed by atoms with Crippen LogP contribution in [0.25, 0.3) is 0 Å². The predicted octanol–water partition coefficient (Wildman–Crippen LogP) is -0.335. The normalized spacial score (nSPS) is 11.6. The third kappa shape index (κ3) is 9.64. The Morgan fingerprint density at radius 1 is 1.35 bits per heavy atom. The molecule has 0 aromatic rings. The van der Waals surface area contributed by atoms with E-state index in [4.69, 9.17) is 5.11 Å². The van der Waals surface area contributed by atoms with Gasteiger partial charge in [-0.3, -0.25) is 10.1 Å². The number of carboxylic acid groups (broad SMARTS) is 1. The van der Waals surface area contributed by atoms with Gasteiger partial charge in [0, 0.05) is 11.8 Å². The first-order valence-corrected chi connectivity index (χ1v) is 6.24. The molecule has 17 heavy (non-hydrogen) atoms. The molecule has 98 valence electrons. The highest BCUT2D eigenvalue weighted by Crippen LogP contribution is 1.95. The second kappa shape index (κ2) is 8.82. The highest BCUT2D eigenvalue weighted by molar-refractivity contribution is 7.98. The second-order valence-corrected chi connectivity index (χ2v) is 4.18. The van der Waals surface area contributed by atoms with Gasteiger partial charge >= 0.3 is 12.0 Å². The van der Waals surface area contributed by atoms with Crippen LogP contribution in [0, 0.1) is 0 Å². The van der Waals surface area contributed by atoms with Crippen molar-refractivity contribution in [3.8, 4) is 0 Å². The molecule has 0 aromatic heterocycles. The van der Waals surface area contributed by atoms with Gasteiger partial charge < -0.3 is 15.2 Å². The van der Waals surface area contributed by atoms with Crippen molar-refractivity contribution in [3.63, 3.8) is 0 Å². The summed E-state index contributed by atoms with van der Waals surface area (Å²) in [5.41, 5.74) is 0. The van der Waals surface area contributed by atoms with Crippen molar-refractivity contribution in [2.45, 2.75) is 13.0 Å². The lowest BCUT2D eigenvalue weighted by molar-refractivity contribution is -0.143. The molecule has 0 heterocycles. The van der Waals surface area contributed by atoms with Gasteiger partial charge in [0.2, 0.25) is 0 Å². The number of ether oxygens (including phenoxy) is 1. The molecule has 0 rings (SSSR count). The van der Waals surface area contributed by atoms with Crippen LogP contribution in [0.2, 0.25) is 0 Å². The molecule has 0 spiro atoms. The number of carboxylic acids is 1. The fourth-order valence-electron chi connectivity index (χ4n) is 0.945. The van der Waals surface area contributed by atoms with E-state index >= 15 is 0 Å². The summed E-state index contributed by atoms with van der Waals surface area (Å²) in [5.74, 6) is -1.12. The average Bonchev–Trinajstić information content (AvgIpc) is 2.16. The summed E-state index contributed by atoms with van der Waals surface area (Å²) in [6.45, 7) is 0.774. The van der Waals surface area contributed by atoms with Crippen LogP contribution >= 0.6 is 11.8 Å². The molecule has 3 amide bonds. The molecule has 1 unspecified atom stereocenters. The lowest BCUT2D eigenvalue weighted by Crippen LogP contribution is -2.45. The molecule has 0 aromatic carbocycles. The Labute approximate surface area is 103 Å². The third-order valence-corrected chi connectivity index (χ3v) is 2.34. The lowest BCUT2D eigenvalue weighted by atomic mass is 10.4. The van der Waals surface area contributed by atoms with E-state index in [0.717, 1.165) is 5.75 Å². The predicted molar refractivity (Wildman–Crippen MR) is 63.0 cm³/mol. The van der Waals surface area contributed by atoms with Gasteiger partial charge in [-0.25, -0.2) is 9.59 Å². The minimum Gasteiger partial charge on any atom is -0.480 e. The Balaban J connectivity index is 3.72. The van der Waals surface area contributed by atoms with Gasteiger partial charge in [0.1, 0.15) is 13.2 Å². The van der Waals surface area contributed by atoms with Gasteiger partial charge in [-0.15, -0.1) is 0 Å². The van der Waals surface area contributed by atoms with Crippen molar-refractivity contribution in [1.82, 2.24) is 10.6 Å². The van der Waals surface area contributed by atoms with Crippen molar-refractivity contribution in [2.75, 3.05) is 25.2 Å². The second-order valence-electron chi connectivity index (χ2n) is 3.26. The Kier molecular flexibility index (Phi) is 8.16. The maximum Gasteiger partial charge on any atom is 0.329 e. The third-order valence-electron chi connectivity index (χ3n) is 1.51. The van der Waals surface area contributed by atoms with Crippen molar-refractivity contribution in [2.24, 2.45) is 0 Å². The Hall–Kier alpha value is -1.28. The zero-order chi connectivity index (χ0) is 13.3. The highest BCUT2D eigenvalue weighted by atomic mass is 32.2. The zero-order valence-corrected chi connectivity index (χ0v) is 10.5. The fraction of sp³-hybridized carbons (Fsp3) is 0.667. The highest BCUT2D eigenvalue weighted by Gasteiger charge is 2.10. The first-order chi connectivity index (χ1) is 7.95. The monoisotopic (exact) mass is 264 g/mol. The maximum atomic E-state index is 11.2. The molecule has 3 N–H and O–H groups in total. The summed E-state index contributed by atoms with van der Waals surface area (Å²) in [6, 6.07) is -0.673. The summed E-state index contributed by atoms with van der Waals surface area (Å²) in [6.07, 6.45) is 1.90. The van der Waals surface area contributed by atoms with Crippen LogP contribution in [0.1, 0.15) is 6.92 Å². The van der Waals surface area contributed by atoms with Gasteiger partial charge in [0.25, 0.3) is 5.91 Å². The van der Waals surface area contributed by atoms with Crippen LogP contribution in [0.4, 0.5) is 4.79 Å². The number of urea groups is 1. The van der Waals surface area contributed by atoms with Crippen LogP contribution in [-0.4, -0.2) is 54.3 Å². The average molecular weight is 264 g/mol. The molecule has 1 atom stereocenters. The van der Waals surface area contributed by atoms with E-state index in [1.54, 1.807) is 11.8 Å². The standard InChI is InChI=1S/C9H16N2O5S/c1-6(5-17-2)10-9(15)11-7(12)3-16-4-8(13)14/h6H,3-5H2,1-2H3,(H,13,14)(H2,10,11,12,15). The summed E-state index contributed by atoms with van der Waals surface area (Å²) >= 11 is 1.57. The van der Waals surface area contributed by atoms with Gasteiger partial charge in [-0.05, 0) is 13.2 Å². The van der Waals surface area contributed by atoms with Crippen LogP contribution in [0.15, 0.2) is 0 Å². The Morgan fingerprint density at radius 3 is 2.53 bits per heavy atom. The molecule has 7 nitrogen and oxygen atoms in total. The molecular weight excluding hydrogens is 248 g/mol. The van der Waals surface area contributed by atoms with Crippen LogP contribution in [0.3, 0.4) is 0 Å². The number of aliphatic carboxylic acids is 1. The van der Waals surface area contributed by atoms with Crippen molar-refractivity contribution >= 4 is 29.7 Å². The number of thioether (sulfide) groups is 1. The fourth-order valence-corrected chi connectivity index (χ4v) is 1.53. The minimum absolute atomic E-state index is 0.0577. The SMILES string of the molecule is CSCC(C)NC(=O)NC(=O)COCC(=O)O. The van der Waals surface area contributed by atoms with Crippen molar-refractivity contribution in [3.05, 3.63) is 0 Å². The van der Waals surface area contributed by atoms with Gasteiger partial charge in [0.05, 0.1) is 0 Å². The molecule has 0 aliphatic heterocycles. The van der Waals surface area contributed by atoms with E-state index in [9.17, 15) is 14.4 Å². The molecular formula is C9H16N2O5S. The first kappa shape index (κ1) is 15.7. The first-order valence-electron chi connectivity index (χ1n) is 4.84. The number of hydrogen-bond acceptors (Lipinski definition) is 5. The Bertz CT molecular complexity index is 285. The summed E-state index contributed by atoms with van der Waals surface area (Å²) in [5, 5.41) is 12.8. The molecule has 8 heteroatoms. The number of nitrogens with one attached hydrogen (secondary N) is 2. The number of hydrogen-bond donors (Lipinski definition) is 3. The van der Waals surface area contributed by atoms with E-state index < -0.39 is 31.1 Å². The van der Waals surface area contributed by atoms with Crippen LogP contribution in [-0.2, 0) is 14.3 Å². The van der Waals surface area contributed by atoms with E-state index in [0.29, 0.717) is 0 Å². The van der Waals surface area contributed by atoms with E-state index in [2.05, 4.69) is 10.1 Å². The number of carbonyl (C=O) groups excluding carboxylic acids is 2. The number of amides is 3. The van der Waals surface area contributed by atoms with E-state index in [-0.39, 0.29) is 6.04 Å².